The highest BCUT2D eigenvalue weighted by molar-refractivity contribution is 5.50. The summed E-state index contributed by atoms with van der Waals surface area (Å²) in [7, 11) is 3.39. The van der Waals surface area contributed by atoms with Gasteiger partial charge in [-0.15, -0.1) is 0 Å². The van der Waals surface area contributed by atoms with E-state index in [9.17, 15) is 0 Å². The number of nitrogens with two attached hydrogens (primary N) is 1. The molecule has 116 valence electrons. The molecule has 22 heavy (non-hydrogen) atoms. The molecule has 0 saturated carbocycles. The Morgan fingerprint density at radius 1 is 1.00 bits per heavy atom. The largest absolute Gasteiger partial charge is 0.493 e. The number of fused-ring (bicyclic) bond motifs is 1. The van der Waals surface area contributed by atoms with Crippen molar-refractivity contribution in [3.63, 3.8) is 0 Å². The lowest BCUT2D eigenvalue weighted by Gasteiger charge is -2.36. The quantitative estimate of drug-likeness (QED) is 0.945. The molecule has 1 unspecified atom stereocenters. The van der Waals surface area contributed by atoms with Crippen LogP contribution in [-0.2, 0) is 6.42 Å². The number of quaternary nitrogens is 1. The van der Waals surface area contributed by atoms with E-state index in [2.05, 4.69) is 61.6 Å². The maximum absolute atomic E-state index is 5.50. The molecular formula is C19H24NO2+. The Bertz CT molecular complexity index is 665. The lowest BCUT2D eigenvalue weighted by Crippen LogP contribution is -2.97. The average molecular weight is 298 g/mol. The van der Waals surface area contributed by atoms with Crippen molar-refractivity contribution in [2.24, 2.45) is 0 Å². The second kappa shape index (κ2) is 5.65. The molecule has 0 aromatic heterocycles. The first-order valence-electron chi connectivity index (χ1n) is 7.70. The minimum Gasteiger partial charge on any atom is -0.493 e. The first-order chi connectivity index (χ1) is 10.5. The summed E-state index contributed by atoms with van der Waals surface area (Å²) in [5.74, 6) is 1.61. The Morgan fingerprint density at radius 3 is 2.27 bits per heavy atom. The van der Waals surface area contributed by atoms with E-state index in [1.807, 2.05) is 0 Å². The summed E-state index contributed by atoms with van der Waals surface area (Å²) in [5.41, 5.74) is 4.15. The van der Waals surface area contributed by atoms with Crippen molar-refractivity contribution in [1.29, 1.82) is 0 Å². The normalized spacial score (nSPS) is 19.4. The van der Waals surface area contributed by atoms with Crippen LogP contribution in [0.4, 0.5) is 0 Å². The number of hydrogen-bond acceptors (Lipinski definition) is 2. The van der Waals surface area contributed by atoms with E-state index in [4.69, 9.17) is 9.47 Å². The summed E-state index contributed by atoms with van der Waals surface area (Å²) in [6.45, 7) is 4.59. The second-order valence-electron chi connectivity index (χ2n) is 6.63. The molecule has 1 heterocycles. The van der Waals surface area contributed by atoms with Crippen molar-refractivity contribution in [1.82, 2.24) is 0 Å². The first-order valence-corrected chi connectivity index (χ1v) is 7.70. The summed E-state index contributed by atoms with van der Waals surface area (Å²) >= 11 is 0. The Morgan fingerprint density at radius 2 is 1.64 bits per heavy atom. The molecule has 1 aliphatic rings. The van der Waals surface area contributed by atoms with E-state index < -0.39 is 0 Å². The third kappa shape index (κ3) is 2.69. The van der Waals surface area contributed by atoms with Gasteiger partial charge in [0.25, 0.3) is 0 Å². The van der Waals surface area contributed by atoms with Gasteiger partial charge < -0.3 is 14.8 Å². The van der Waals surface area contributed by atoms with Gasteiger partial charge in [0.1, 0.15) is 6.04 Å². The molecule has 3 heteroatoms. The SMILES string of the molecule is COc1cc2c(cc1OC)C(c1ccccc1)[NH2+]C(C)(C)C2. The molecule has 0 aliphatic carbocycles. The predicted molar refractivity (Wildman–Crippen MR) is 87.5 cm³/mol. The summed E-state index contributed by atoms with van der Waals surface area (Å²) in [4.78, 5) is 0. The molecule has 2 aromatic carbocycles. The third-order valence-electron chi connectivity index (χ3n) is 4.40. The van der Waals surface area contributed by atoms with Crippen molar-refractivity contribution >= 4 is 0 Å². The number of hydrogen-bond donors (Lipinski definition) is 1. The zero-order valence-corrected chi connectivity index (χ0v) is 13.7. The van der Waals surface area contributed by atoms with Gasteiger partial charge in [0.15, 0.2) is 11.5 Å². The molecule has 3 nitrogen and oxygen atoms in total. The van der Waals surface area contributed by atoms with Crippen LogP contribution in [-0.4, -0.2) is 19.8 Å². The van der Waals surface area contributed by atoms with Crippen molar-refractivity contribution < 1.29 is 14.8 Å². The monoisotopic (exact) mass is 298 g/mol. The van der Waals surface area contributed by atoms with Crippen LogP contribution >= 0.6 is 0 Å². The Balaban J connectivity index is 2.15. The highest BCUT2D eigenvalue weighted by Gasteiger charge is 2.37. The number of ether oxygens (including phenoxy) is 2. The highest BCUT2D eigenvalue weighted by atomic mass is 16.5. The van der Waals surface area contributed by atoms with E-state index in [0.717, 1.165) is 17.9 Å². The number of rotatable bonds is 3. The van der Waals surface area contributed by atoms with Crippen molar-refractivity contribution in [3.05, 3.63) is 59.2 Å². The summed E-state index contributed by atoms with van der Waals surface area (Å²) in [5, 5.41) is 2.45. The van der Waals surface area contributed by atoms with E-state index in [0.29, 0.717) is 6.04 Å². The second-order valence-corrected chi connectivity index (χ2v) is 6.63. The van der Waals surface area contributed by atoms with Crippen LogP contribution in [0.5, 0.6) is 11.5 Å². The molecule has 0 spiro atoms. The van der Waals surface area contributed by atoms with Crippen LogP contribution in [0, 0.1) is 0 Å². The van der Waals surface area contributed by atoms with Crippen LogP contribution in [0.25, 0.3) is 0 Å². The number of methoxy groups -OCH3 is 2. The maximum Gasteiger partial charge on any atom is 0.161 e. The van der Waals surface area contributed by atoms with E-state index >= 15 is 0 Å². The smallest absolute Gasteiger partial charge is 0.161 e. The van der Waals surface area contributed by atoms with Crippen LogP contribution in [0.15, 0.2) is 42.5 Å². The van der Waals surface area contributed by atoms with Gasteiger partial charge in [0.05, 0.1) is 19.8 Å². The van der Waals surface area contributed by atoms with E-state index in [1.165, 1.54) is 16.7 Å². The van der Waals surface area contributed by atoms with E-state index in [1.54, 1.807) is 14.2 Å². The zero-order chi connectivity index (χ0) is 15.7. The fourth-order valence-corrected chi connectivity index (χ4v) is 3.41. The van der Waals surface area contributed by atoms with Gasteiger partial charge in [0.2, 0.25) is 0 Å². The Kier molecular flexibility index (Phi) is 3.83. The fourth-order valence-electron chi connectivity index (χ4n) is 3.41. The molecule has 2 aromatic rings. The van der Waals surface area contributed by atoms with Crippen molar-refractivity contribution in [3.8, 4) is 11.5 Å². The molecule has 0 saturated heterocycles. The molecule has 0 radical (unpaired) electrons. The Labute approximate surface area is 132 Å². The average Bonchev–Trinajstić information content (AvgIpc) is 2.53. The van der Waals surface area contributed by atoms with Gasteiger partial charge in [-0.2, -0.15) is 0 Å². The summed E-state index contributed by atoms with van der Waals surface area (Å²) < 4.78 is 11.0. The predicted octanol–water partition coefficient (Wildman–Crippen LogP) is 2.69. The minimum absolute atomic E-state index is 0.160. The third-order valence-corrected chi connectivity index (χ3v) is 4.40. The topological polar surface area (TPSA) is 35.1 Å². The maximum atomic E-state index is 5.50. The van der Waals surface area contributed by atoms with Gasteiger partial charge in [-0.05, 0) is 31.5 Å². The molecular weight excluding hydrogens is 274 g/mol. The summed E-state index contributed by atoms with van der Waals surface area (Å²) in [6, 6.07) is 15.2. The lowest BCUT2D eigenvalue weighted by molar-refractivity contribution is -0.752. The van der Waals surface area contributed by atoms with Gasteiger partial charge in [-0.3, -0.25) is 0 Å². The van der Waals surface area contributed by atoms with Crippen LogP contribution < -0.4 is 14.8 Å². The lowest BCUT2D eigenvalue weighted by atomic mass is 9.81. The molecule has 0 amide bonds. The first kappa shape index (κ1) is 14.9. The standard InChI is InChI=1S/C19H23NO2/c1-19(2)12-14-10-16(21-3)17(22-4)11-15(14)18(20-19)13-8-6-5-7-9-13/h5-11,18,20H,12H2,1-4H3/p+1. The fraction of sp³-hybridized carbons (Fsp3) is 0.368. The molecule has 0 fully saturated rings. The number of benzene rings is 2. The van der Waals surface area contributed by atoms with Crippen LogP contribution in [0.1, 0.15) is 36.6 Å². The van der Waals surface area contributed by atoms with Crippen LogP contribution in [0.2, 0.25) is 0 Å². The molecule has 1 atom stereocenters. The molecule has 2 N–H and O–H groups in total. The Hall–Kier alpha value is -2.00. The van der Waals surface area contributed by atoms with Crippen molar-refractivity contribution in [2.45, 2.75) is 31.8 Å². The summed E-state index contributed by atoms with van der Waals surface area (Å²) in [6.07, 6.45) is 1.02. The molecule has 0 bridgehead atoms. The van der Waals surface area contributed by atoms with Crippen LogP contribution in [0.3, 0.4) is 0 Å². The zero-order valence-electron chi connectivity index (χ0n) is 13.7. The van der Waals surface area contributed by atoms with Gasteiger partial charge in [-0.25, -0.2) is 0 Å². The van der Waals surface area contributed by atoms with E-state index in [-0.39, 0.29) is 5.54 Å². The minimum atomic E-state index is 0.160. The van der Waals surface area contributed by atoms with Gasteiger partial charge in [-0.1, -0.05) is 30.3 Å². The molecule has 3 rings (SSSR count). The highest BCUT2D eigenvalue weighted by Crippen LogP contribution is 2.37. The van der Waals surface area contributed by atoms with Crippen molar-refractivity contribution in [2.75, 3.05) is 14.2 Å². The molecule has 1 aliphatic heterocycles. The van der Waals surface area contributed by atoms with Gasteiger partial charge in [0, 0.05) is 17.5 Å². The van der Waals surface area contributed by atoms with Gasteiger partial charge >= 0.3 is 0 Å².